The number of anilines is 1. The molecule has 1 aliphatic heterocycles. The van der Waals surface area contributed by atoms with Crippen LogP contribution in [0.5, 0.6) is 0 Å². The molecule has 4 heteroatoms. The summed E-state index contributed by atoms with van der Waals surface area (Å²) in [4.78, 5) is 2.43. The van der Waals surface area contributed by atoms with E-state index in [9.17, 15) is 0 Å². The molecular formula is C13H18BrClN2. The van der Waals surface area contributed by atoms with Gasteiger partial charge in [0.1, 0.15) is 0 Å². The fourth-order valence-electron chi connectivity index (χ4n) is 2.33. The number of rotatable bonds is 2. The summed E-state index contributed by atoms with van der Waals surface area (Å²) in [6.45, 7) is 6.48. The Morgan fingerprint density at radius 2 is 2.29 bits per heavy atom. The average molecular weight is 318 g/mol. The number of halogens is 2. The predicted molar refractivity (Wildman–Crippen MR) is 78.0 cm³/mol. The van der Waals surface area contributed by atoms with E-state index in [1.54, 1.807) is 0 Å². The van der Waals surface area contributed by atoms with Crippen LogP contribution in [0.4, 0.5) is 5.69 Å². The molecule has 1 N–H and O–H groups in total. The molecule has 0 amide bonds. The quantitative estimate of drug-likeness (QED) is 0.895. The van der Waals surface area contributed by atoms with Crippen molar-refractivity contribution < 1.29 is 0 Å². The number of piperazine rings is 1. The van der Waals surface area contributed by atoms with Crippen LogP contribution in [0.15, 0.2) is 22.7 Å². The molecule has 1 fully saturated rings. The summed E-state index contributed by atoms with van der Waals surface area (Å²) in [5.74, 6) is 0. The van der Waals surface area contributed by atoms with Crippen molar-refractivity contribution in [2.75, 3.05) is 18.0 Å². The normalized spacial score (nSPS) is 25.1. The van der Waals surface area contributed by atoms with Crippen LogP contribution in [0.2, 0.25) is 5.02 Å². The van der Waals surface area contributed by atoms with Gasteiger partial charge in [-0.2, -0.15) is 0 Å². The maximum absolute atomic E-state index is 6.34. The molecule has 1 aromatic rings. The van der Waals surface area contributed by atoms with E-state index in [1.807, 2.05) is 6.07 Å². The van der Waals surface area contributed by atoms with E-state index in [0.29, 0.717) is 12.1 Å². The number of benzene rings is 1. The molecule has 2 nitrogen and oxygen atoms in total. The molecule has 94 valence electrons. The van der Waals surface area contributed by atoms with Gasteiger partial charge in [-0.25, -0.2) is 0 Å². The van der Waals surface area contributed by atoms with Gasteiger partial charge in [-0.3, -0.25) is 0 Å². The first-order valence-electron chi connectivity index (χ1n) is 6.07. The molecule has 1 aromatic carbocycles. The highest BCUT2D eigenvalue weighted by atomic mass is 79.9. The molecule has 1 aliphatic rings. The molecule has 2 atom stereocenters. The van der Waals surface area contributed by atoms with Crippen LogP contribution in [-0.4, -0.2) is 25.2 Å². The zero-order valence-electron chi connectivity index (χ0n) is 10.2. The van der Waals surface area contributed by atoms with Gasteiger partial charge >= 0.3 is 0 Å². The summed E-state index contributed by atoms with van der Waals surface area (Å²) in [6.07, 6.45) is 1.13. The third-order valence-corrected chi connectivity index (χ3v) is 4.10. The summed E-state index contributed by atoms with van der Waals surface area (Å²) in [5.41, 5.74) is 1.15. The number of nitrogens with one attached hydrogen (secondary N) is 1. The molecule has 2 rings (SSSR count). The Morgan fingerprint density at radius 3 is 2.94 bits per heavy atom. The minimum absolute atomic E-state index is 0.512. The molecule has 1 heterocycles. The van der Waals surface area contributed by atoms with Gasteiger partial charge < -0.3 is 10.2 Å². The fraction of sp³-hybridized carbons (Fsp3) is 0.538. The van der Waals surface area contributed by atoms with Gasteiger partial charge in [0.2, 0.25) is 0 Å². The van der Waals surface area contributed by atoms with E-state index in [4.69, 9.17) is 11.6 Å². The lowest BCUT2D eigenvalue weighted by Crippen LogP contribution is -2.55. The van der Waals surface area contributed by atoms with Gasteiger partial charge in [-0.15, -0.1) is 0 Å². The van der Waals surface area contributed by atoms with Crippen LogP contribution in [-0.2, 0) is 0 Å². The number of nitrogens with zero attached hydrogens (tertiary/aromatic N) is 1. The van der Waals surface area contributed by atoms with Crippen LogP contribution in [0.25, 0.3) is 0 Å². The van der Waals surface area contributed by atoms with Crippen molar-refractivity contribution in [2.45, 2.75) is 32.4 Å². The van der Waals surface area contributed by atoms with Gasteiger partial charge in [0.25, 0.3) is 0 Å². The van der Waals surface area contributed by atoms with Crippen LogP contribution >= 0.6 is 27.5 Å². The van der Waals surface area contributed by atoms with Gasteiger partial charge in [0.15, 0.2) is 0 Å². The minimum Gasteiger partial charge on any atom is -0.365 e. The SMILES string of the molecule is CCC1CNC(C)CN1c1ccc(Br)cc1Cl. The molecule has 17 heavy (non-hydrogen) atoms. The van der Waals surface area contributed by atoms with Crippen molar-refractivity contribution in [1.82, 2.24) is 5.32 Å². The second-order valence-electron chi connectivity index (χ2n) is 4.62. The van der Waals surface area contributed by atoms with Crippen molar-refractivity contribution in [3.63, 3.8) is 0 Å². The summed E-state index contributed by atoms with van der Waals surface area (Å²) in [6, 6.07) is 7.17. The maximum atomic E-state index is 6.34. The van der Waals surface area contributed by atoms with Gasteiger partial charge in [0, 0.05) is 29.6 Å². The Bertz CT molecular complexity index is 397. The van der Waals surface area contributed by atoms with E-state index in [2.05, 4.69) is 52.1 Å². The zero-order valence-corrected chi connectivity index (χ0v) is 12.6. The molecular weight excluding hydrogens is 300 g/mol. The molecule has 0 saturated carbocycles. The Balaban J connectivity index is 2.28. The van der Waals surface area contributed by atoms with E-state index in [-0.39, 0.29) is 0 Å². The third kappa shape index (κ3) is 2.95. The summed E-state index contributed by atoms with van der Waals surface area (Å²) < 4.78 is 1.03. The monoisotopic (exact) mass is 316 g/mol. The average Bonchev–Trinajstić information content (AvgIpc) is 2.29. The summed E-state index contributed by atoms with van der Waals surface area (Å²) >= 11 is 9.79. The molecule has 0 aliphatic carbocycles. The van der Waals surface area contributed by atoms with Crippen molar-refractivity contribution in [1.29, 1.82) is 0 Å². The first-order valence-corrected chi connectivity index (χ1v) is 7.24. The summed E-state index contributed by atoms with van der Waals surface area (Å²) in [5, 5.41) is 4.35. The third-order valence-electron chi connectivity index (χ3n) is 3.30. The van der Waals surface area contributed by atoms with Gasteiger partial charge in [0.05, 0.1) is 10.7 Å². The van der Waals surface area contributed by atoms with Crippen LogP contribution < -0.4 is 10.2 Å². The van der Waals surface area contributed by atoms with Crippen LogP contribution in [0, 0.1) is 0 Å². The van der Waals surface area contributed by atoms with E-state index in [1.165, 1.54) is 0 Å². The highest BCUT2D eigenvalue weighted by molar-refractivity contribution is 9.10. The Labute approximate surface area is 116 Å². The molecule has 0 radical (unpaired) electrons. The largest absolute Gasteiger partial charge is 0.365 e. The van der Waals surface area contributed by atoms with Gasteiger partial charge in [-0.1, -0.05) is 34.5 Å². The minimum atomic E-state index is 0.512. The second-order valence-corrected chi connectivity index (χ2v) is 5.94. The van der Waals surface area contributed by atoms with E-state index < -0.39 is 0 Å². The maximum Gasteiger partial charge on any atom is 0.0650 e. The Hall–Kier alpha value is -0.250. The Morgan fingerprint density at radius 1 is 1.53 bits per heavy atom. The predicted octanol–water partition coefficient (Wildman–Crippen LogP) is 3.68. The zero-order chi connectivity index (χ0) is 12.4. The highest BCUT2D eigenvalue weighted by Gasteiger charge is 2.25. The van der Waals surface area contributed by atoms with Crippen LogP contribution in [0.3, 0.4) is 0 Å². The standard InChI is InChI=1S/C13H18BrClN2/c1-3-11-7-16-9(2)8-17(11)13-5-4-10(14)6-12(13)15/h4-6,9,11,16H,3,7-8H2,1-2H3. The first-order chi connectivity index (χ1) is 8.11. The second kappa shape index (κ2) is 5.59. The van der Waals surface area contributed by atoms with Crippen molar-refractivity contribution >= 4 is 33.2 Å². The van der Waals surface area contributed by atoms with E-state index in [0.717, 1.165) is 34.7 Å². The van der Waals surface area contributed by atoms with Crippen molar-refractivity contribution in [3.05, 3.63) is 27.7 Å². The van der Waals surface area contributed by atoms with E-state index >= 15 is 0 Å². The lowest BCUT2D eigenvalue weighted by molar-refractivity contribution is 0.402. The van der Waals surface area contributed by atoms with Gasteiger partial charge in [-0.05, 0) is 31.5 Å². The van der Waals surface area contributed by atoms with Crippen molar-refractivity contribution in [3.8, 4) is 0 Å². The van der Waals surface area contributed by atoms with Crippen molar-refractivity contribution in [2.24, 2.45) is 0 Å². The first kappa shape index (κ1) is 13.2. The lowest BCUT2D eigenvalue weighted by atomic mass is 10.1. The molecule has 1 saturated heterocycles. The summed E-state index contributed by atoms with van der Waals surface area (Å²) in [7, 11) is 0. The lowest BCUT2D eigenvalue weighted by Gasteiger charge is -2.41. The molecule has 0 spiro atoms. The highest BCUT2D eigenvalue weighted by Crippen LogP contribution is 2.31. The molecule has 0 bridgehead atoms. The Kier molecular flexibility index (Phi) is 4.34. The van der Waals surface area contributed by atoms with Crippen LogP contribution in [0.1, 0.15) is 20.3 Å². The fourth-order valence-corrected chi connectivity index (χ4v) is 3.11. The molecule has 2 unspecified atom stereocenters. The smallest absolute Gasteiger partial charge is 0.0650 e. The number of hydrogen-bond donors (Lipinski definition) is 1. The molecule has 0 aromatic heterocycles. The topological polar surface area (TPSA) is 15.3 Å². The number of hydrogen-bond acceptors (Lipinski definition) is 2.